The highest BCUT2D eigenvalue weighted by atomic mass is 79.9. The predicted molar refractivity (Wildman–Crippen MR) is 79.1 cm³/mol. The molecule has 0 saturated heterocycles. The first-order valence-electron chi connectivity index (χ1n) is 6.20. The van der Waals surface area contributed by atoms with E-state index in [-0.39, 0.29) is 17.9 Å². The summed E-state index contributed by atoms with van der Waals surface area (Å²) < 4.78 is 0.959. The maximum atomic E-state index is 12.0. The summed E-state index contributed by atoms with van der Waals surface area (Å²) in [5.41, 5.74) is 0.703. The first-order chi connectivity index (χ1) is 8.56. The molecule has 1 amide bonds. The van der Waals surface area contributed by atoms with Gasteiger partial charge in [-0.15, -0.1) is 11.3 Å². The molecule has 0 fully saturated rings. The lowest BCUT2D eigenvalue weighted by molar-refractivity contribution is 0.0907. The van der Waals surface area contributed by atoms with Gasteiger partial charge in [0.05, 0.1) is 9.35 Å². The summed E-state index contributed by atoms with van der Waals surface area (Å²) in [6.07, 6.45) is 2.64. The van der Waals surface area contributed by atoms with Crippen molar-refractivity contribution in [3.63, 3.8) is 0 Å². The van der Waals surface area contributed by atoms with Crippen LogP contribution in [0.2, 0.25) is 0 Å². The number of hydrogen-bond donors (Lipinski definition) is 2. The Kier molecular flexibility index (Phi) is 6.32. The minimum absolute atomic E-state index is 0.0116. The fourth-order valence-corrected chi connectivity index (χ4v) is 3.11. The van der Waals surface area contributed by atoms with Gasteiger partial charge >= 0.3 is 0 Å². The van der Waals surface area contributed by atoms with E-state index in [1.54, 1.807) is 0 Å². The molecule has 18 heavy (non-hydrogen) atoms. The van der Waals surface area contributed by atoms with Gasteiger partial charge < -0.3 is 10.4 Å². The number of aliphatic hydroxyl groups excluding tert-OH is 1. The predicted octanol–water partition coefficient (Wildman–Crippen LogP) is 3.43. The van der Waals surface area contributed by atoms with Crippen molar-refractivity contribution < 1.29 is 9.90 Å². The lowest BCUT2D eigenvalue weighted by Gasteiger charge is -2.31. The zero-order valence-electron chi connectivity index (χ0n) is 10.8. The molecule has 0 radical (unpaired) electrons. The topological polar surface area (TPSA) is 49.3 Å². The minimum Gasteiger partial charge on any atom is -0.396 e. The van der Waals surface area contributed by atoms with Gasteiger partial charge in [-0.05, 0) is 46.7 Å². The molecule has 0 aliphatic carbocycles. The molecule has 0 aliphatic heterocycles. The Hall–Kier alpha value is -0.390. The number of halogens is 1. The van der Waals surface area contributed by atoms with Crippen LogP contribution in [0.15, 0.2) is 15.2 Å². The maximum absolute atomic E-state index is 12.0. The van der Waals surface area contributed by atoms with Crippen molar-refractivity contribution in [2.75, 3.05) is 13.2 Å². The van der Waals surface area contributed by atoms with E-state index < -0.39 is 0 Å². The van der Waals surface area contributed by atoms with Crippen molar-refractivity contribution in [1.29, 1.82) is 0 Å². The standard InChI is InChI=1S/C13H20BrNO2S/c1-3-13(4-2,5-6-16)9-15-12(17)10-7-11(14)18-8-10/h7-8,16H,3-6,9H2,1-2H3,(H,15,17). The number of carbonyl (C=O) groups is 1. The van der Waals surface area contributed by atoms with Crippen molar-refractivity contribution in [3.05, 3.63) is 20.8 Å². The number of aliphatic hydroxyl groups is 1. The highest BCUT2D eigenvalue weighted by Gasteiger charge is 2.26. The summed E-state index contributed by atoms with van der Waals surface area (Å²) in [7, 11) is 0. The van der Waals surface area contributed by atoms with Gasteiger partial charge in [0.2, 0.25) is 0 Å². The van der Waals surface area contributed by atoms with Crippen LogP contribution in [0.5, 0.6) is 0 Å². The number of carbonyl (C=O) groups excluding carboxylic acids is 1. The van der Waals surface area contributed by atoms with E-state index in [0.29, 0.717) is 12.1 Å². The van der Waals surface area contributed by atoms with Crippen LogP contribution >= 0.6 is 27.3 Å². The molecule has 1 heterocycles. The number of hydrogen-bond acceptors (Lipinski definition) is 3. The molecule has 1 aromatic rings. The molecule has 1 rings (SSSR count). The molecule has 0 spiro atoms. The van der Waals surface area contributed by atoms with E-state index in [1.807, 2.05) is 11.4 Å². The quantitative estimate of drug-likeness (QED) is 0.803. The maximum Gasteiger partial charge on any atom is 0.252 e. The van der Waals surface area contributed by atoms with Crippen molar-refractivity contribution in [3.8, 4) is 0 Å². The number of thiophene rings is 1. The second-order valence-electron chi connectivity index (χ2n) is 4.50. The summed E-state index contributed by atoms with van der Waals surface area (Å²) in [5, 5.41) is 13.9. The molecule has 0 bridgehead atoms. The molecule has 0 saturated carbocycles. The summed E-state index contributed by atoms with van der Waals surface area (Å²) in [6, 6.07) is 1.83. The fraction of sp³-hybridized carbons (Fsp3) is 0.615. The summed E-state index contributed by atoms with van der Waals surface area (Å²) in [6.45, 7) is 4.99. The molecular weight excluding hydrogens is 314 g/mol. The van der Waals surface area contributed by atoms with E-state index in [4.69, 9.17) is 5.11 Å². The molecule has 0 aromatic carbocycles. The van der Waals surface area contributed by atoms with Crippen LogP contribution in [0.3, 0.4) is 0 Å². The molecule has 5 heteroatoms. The Labute approximate surface area is 121 Å². The van der Waals surface area contributed by atoms with E-state index in [9.17, 15) is 4.79 Å². The van der Waals surface area contributed by atoms with Crippen LogP contribution in [-0.2, 0) is 0 Å². The zero-order valence-corrected chi connectivity index (χ0v) is 13.2. The second kappa shape index (κ2) is 7.26. The third-order valence-electron chi connectivity index (χ3n) is 3.60. The van der Waals surface area contributed by atoms with Crippen molar-refractivity contribution in [2.45, 2.75) is 33.1 Å². The van der Waals surface area contributed by atoms with E-state index in [2.05, 4.69) is 35.1 Å². The lowest BCUT2D eigenvalue weighted by atomic mass is 9.79. The van der Waals surface area contributed by atoms with Crippen LogP contribution in [0, 0.1) is 5.41 Å². The lowest BCUT2D eigenvalue weighted by Crippen LogP contribution is -2.37. The van der Waals surface area contributed by atoms with Crippen LogP contribution in [0.25, 0.3) is 0 Å². The van der Waals surface area contributed by atoms with Crippen LogP contribution in [-0.4, -0.2) is 24.2 Å². The first-order valence-corrected chi connectivity index (χ1v) is 7.87. The van der Waals surface area contributed by atoms with E-state index in [0.717, 1.165) is 23.0 Å². The summed E-state index contributed by atoms with van der Waals surface area (Å²) in [5.74, 6) is -0.0406. The SMILES string of the molecule is CCC(CC)(CCO)CNC(=O)c1csc(Br)c1. The Morgan fingerprint density at radius 1 is 1.50 bits per heavy atom. The zero-order chi connectivity index (χ0) is 13.6. The van der Waals surface area contributed by atoms with Gasteiger partial charge in [-0.1, -0.05) is 13.8 Å². The number of nitrogens with one attached hydrogen (secondary N) is 1. The van der Waals surface area contributed by atoms with Gasteiger partial charge in [0.15, 0.2) is 0 Å². The van der Waals surface area contributed by atoms with Crippen molar-refractivity contribution in [1.82, 2.24) is 5.32 Å². The smallest absolute Gasteiger partial charge is 0.252 e. The van der Waals surface area contributed by atoms with Gasteiger partial charge in [0.1, 0.15) is 0 Å². The average Bonchev–Trinajstić information content (AvgIpc) is 2.81. The fourth-order valence-electron chi connectivity index (χ4n) is 1.98. The largest absolute Gasteiger partial charge is 0.396 e. The van der Waals surface area contributed by atoms with E-state index in [1.165, 1.54) is 11.3 Å². The van der Waals surface area contributed by atoms with Crippen LogP contribution < -0.4 is 5.32 Å². The highest BCUT2D eigenvalue weighted by Crippen LogP contribution is 2.29. The Morgan fingerprint density at radius 2 is 2.17 bits per heavy atom. The molecular formula is C13H20BrNO2S. The van der Waals surface area contributed by atoms with Gasteiger partial charge in [-0.25, -0.2) is 0 Å². The van der Waals surface area contributed by atoms with Crippen molar-refractivity contribution in [2.24, 2.45) is 5.41 Å². The minimum atomic E-state index is -0.0406. The molecule has 0 atom stereocenters. The Bertz CT molecular complexity index is 388. The summed E-state index contributed by atoms with van der Waals surface area (Å²) in [4.78, 5) is 12.0. The Balaban J connectivity index is 2.59. The monoisotopic (exact) mass is 333 g/mol. The van der Waals surface area contributed by atoms with Gasteiger partial charge in [-0.2, -0.15) is 0 Å². The van der Waals surface area contributed by atoms with Crippen molar-refractivity contribution >= 4 is 33.2 Å². The normalized spacial score (nSPS) is 11.6. The summed E-state index contributed by atoms with van der Waals surface area (Å²) >= 11 is 4.85. The molecule has 0 unspecified atom stereocenters. The van der Waals surface area contributed by atoms with Gasteiger partial charge in [0, 0.05) is 18.5 Å². The highest BCUT2D eigenvalue weighted by molar-refractivity contribution is 9.11. The third kappa shape index (κ3) is 4.07. The van der Waals surface area contributed by atoms with Gasteiger partial charge in [-0.3, -0.25) is 4.79 Å². The molecule has 0 aliphatic rings. The van der Waals surface area contributed by atoms with Crippen LogP contribution in [0.4, 0.5) is 0 Å². The molecule has 3 nitrogen and oxygen atoms in total. The van der Waals surface area contributed by atoms with Crippen LogP contribution in [0.1, 0.15) is 43.5 Å². The molecule has 102 valence electrons. The third-order valence-corrected chi connectivity index (χ3v) is 5.10. The first kappa shape index (κ1) is 15.7. The molecule has 2 N–H and O–H groups in total. The second-order valence-corrected chi connectivity index (χ2v) is 6.79. The molecule has 1 aromatic heterocycles. The van der Waals surface area contributed by atoms with Gasteiger partial charge in [0.25, 0.3) is 5.91 Å². The van der Waals surface area contributed by atoms with E-state index >= 15 is 0 Å². The number of amides is 1. The Morgan fingerprint density at radius 3 is 2.61 bits per heavy atom. The average molecular weight is 334 g/mol. The number of rotatable bonds is 7.